The number of esters is 1. The highest BCUT2D eigenvalue weighted by atomic mass is 16.6. The molecule has 0 saturated carbocycles. The van der Waals surface area contributed by atoms with Crippen LogP contribution in [0.2, 0.25) is 0 Å². The highest BCUT2D eigenvalue weighted by Crippen LogP contribution is 2.43. The van der Waals surface area contributed by atoms with Crippen molar-refractivity contribution < 1.29 is 19.0 Å². The zero-order valence-electron chi connectivity index (χ0n) is 18.5. The van der Waals surface area contributed by atoms with Gasteiger partial charge < -0.3 is 14.2 Å². The molecule has 0 saturated heterocycles. The molecule has 0 amide bonds. The second-order valence-corrected chi connectivity index (χ2v) is 8.49. The van der Waals surface area contributed by atoms with E-state index in [1.165, 1.54) is 31.0 Å². The first kappa shape index (κ1) is 23.4. The van der Waals surface area contributed by atoms with Crippen molar-refractivity contribution in [1.82, 2.24) is 4.57 Å². The third-order valence-electron chi connectivity index (χ3n) is 4.98. The number of nitriles is 1. The van der Waals surface area contributed by atoms with Gasteiger partial charge in [0.05, 0.1) is 24.8 Å². The maximum atomic E-state index is 13.1. The highest BCUT2D eigenvalue weighted by Gasteiger charge is 2.36. The van der Waals surface area contributed by atoms with Crippen molar-refractivity contribution in [3.05, 3.63) is 52.5 Å². The Labute approximate surface area is 177 Å². The molecule has 0 N–H and O–H groups in total. The number of rotatable bonds is 7. The van der Waals surface area contributed by atoms with Gasteiger partial charge in [0.2, 0.25) is 0 Å². The highest BCUT2D eigenvalue weighted by molar-refractivity contribution is 5.74. The molecule has 0 radical (unpaired) electrons. The Morgan fingerprint density at radius 2 is 2.03 bits per heavy atom. The normalized spacial score (nSPS) is 21.7. The largest absolute Gasteiger partial charge is 0.495 e. The van der Waals surface area contributed by atoms with Crippen molar-refractivity contribution >= 4 is 5.97 Å². The van der Waals surface area contributed by atoms with E-state index < -0.39 is 23.0 Å². The Kier molecular flexibility index (Phi) is 7.27. The Balaban J connectivity index is 2.55. The monoisotopic (exact) mass is 414 g/mol. The van der Waals surface area contributed by atoms with Crippen LogP contribution in [0.25, 0.3) is 0 Å². The fraction of sp³-hybridized carbons (Fsp3) is 0.522. The van der Waals surface area contributed by atoms with Crippen LogP contribution in [0.5, 0.6) is 5.75 Å². The van der Waals surface area contributed by atoms with Crippen LogP contribution >= 0.6 is 0 Å². The van der Waals surface area contributed by atoms with Crippen molar-refractivity contribution in [3.8, 4) is 11.8 Å². The van der Waals surface area contributed by atoms with Crippen LogP contribution in [0.1, 0.15) is 51.6 Å². The first-order valence-electron chi connectivity index (χ1n) is 9.85. The number of nitrogens with zero attached hydrogens (tertiary/aromatic N) is 2. The summed E-state index contributed by atoms with van der Waals surface area (Å²) in [4.78, 5) is 25.9. The summed E-state index contributed by atoms with van der Waals surface area (Å²) in [6, 6.07) is 2.90. The number of carbonyl (C=O) groups is 1. The molecule has 1 aliphatic carbocycles. The fourth-order valence-electron chi connectivity index (χ4n) is 3.44. The van der Waals surface area contributed by atoms with Crippen molar-refractivity contribution in [2.45, 2.75) is 51.7 Å². The van der Waals surface area contributed by atoms with E-state index in [4.69, 9.17) is 14.2 Å². The van der Waals surface area contributed by atoms with E-state index in [-0.39, 0.29) is 24.5 Å². The van der Waals surface area contributed by atoms with Crippen LogP contribution in [0, 0.1) is 16.7 Å². The lowest BCUT2D eigenvalue weighted by atomic mass is 9.72. The fourth-order valence-corrected chi connectivity index (χ4v) is 3.44. The van der Waals surface area contributed by atoms with Gasteiger partial charge in [-0.15, -0.1) is 0 Å². The van der Waals surface area contributed by atoms with Crippen LogP contribution in [0.4, 0.5) is 0 Å². The van der Waals surface area contributed by atoms with Gasteiger partial charge in [-0.1, -0.05) is 24.3 Å². The minimum Gasteiger partial charge on any atom is -0.495 e. The van der Waals surface area contributed by atoms with Crippen molar-refractivity contribution in [2.75, 3.05) is 20.8 Å². The molecule has 7 heteroatoms. The number of pyridine rings is 1. The Hall–Kier alpha value is -2.85. The molecule has 1 aromatic heterocycles. The van der Waals surface area contributed by atoms with Crippen molar-refractivity contribution in [2.24, 2.45) is 5.41 Å². The summed E-state index contributed by atoms with van der Waals surface area (Å²) in [5.41, 5.74) is -1.29. The van der Waals surface area contributed by atoms with Gasteiger partial charge in [0.1, 0.15) is 17.4 Å². The second-order valence-electron chi connectivity index (χ2n) is 8.49. The summed E-state index contributed by atoms with van der Waals surface area (Å²) in [5.74, 6) is -0.449. The van der Waals surface area contributed by atoms with Gasteiger partial charge >= 0.3 is 5.97 Å². The zero-order chi connectivity index (χ0) is 22.5. The number of carbonyl (C=O) groups excluding carboxylic acids is 1. The molecule has 0 bridgehead atoms. The number of methoxy groups -OCH3 is 2. The van der Waals surface area contributed by atoms with Crippen LogP contribution in [-0.2, 0) is 14.3 Å². The van der Waals surface area contributed by atoms with E-state index in [0.717, 1.165) is 0 Å². The number of hydrogen-bond donors (Lipinski definition) is 0. The summed E-state index contributed by atoms with van der Waals surface area (Å²) >= 11 is 0. The summed E-state index contributed by atoms with van der Waals surface area (Å²) in [7, 11) is 3.03. The third-order valence-corrected chi connectivity index (χ3v) is 4.98. The second kappa shape index (κ2) is 9.31. The number of aromatic nitrogens is 1. The molecule has 7 nitrogen and oxygen atoms in total. The summed E-state index contributed by atoms with van der Waals surface area (Å²) in [5, 5.41) is 9.70. The van der Waals surface area contributed by atoms with Crippen LogP contribution < -0.4 is 10.3 Å². The van der Waals surface area contributed by atoms with Crippen LogP contribution in [0.15, 0.2) is 41.4 Å². The van der Waals surface area contributed by atoms with E-state index in [0.29, 0.717) is 11.3 Å². The zero-order valence-corrected chi connectivity index (χ0v) is 18.5. The SMILES string of the molecule is COCCC(C(=O)OC(C)(C)C)n1cc(OC)c(C2C=CC=CC2(C)C#N)cc1=O. The lowest BCUT2D eigenvalue weighted by Gasteiger charge is -2.30. The predicted octanol–water partition coefficient (Wildman–Crippen LogP) is 3.52. The lowest BCUT2D eigenvalue weighted by Crippen LogP contribution is -2.36. The summed E-state index contributed by atoms with van der Waals surface area (Å²) in [6.45, 7) is 7.41. The summed E-state index contributed by atoms with van der Waals surface area (Å²) < 4.78 is 17.5. The third kappa shape index (κ3) is 5.19. The van der Waals surface area contributed by atoms with Crippen LogP contribution in [0.3, 0.4) is 0 Å². The molecule has 30 heavy (non-hydrogen) atoms. The number of allylic oxidation sites excluding steroid dienone is 4. The smallest absolute Gasteiger partial charge is 0.329 e. The Morgan fingerprint density at radius 3 is 2.60 bits per heavy atom. The van der Waals surface area contributed by atoms with Crippen molar-refractivity contribution in [3.63, 3.8) is 0 Å². The lowest BCUT2D eigenvalue weighted by molar-refractivity contribution is -0.159. The Morgan fingerprint density at radius 1 is 1.33 bits per heavy atom. The van der Waals surface area contributed by atoms with Gasteiger partial charge in [0.25, 0.3) is 5.56 Å². The average molecular weight is 415 g/mol. The molecule has 3 unspecified atom stereocenters. The average Bonchev–Trinajstić information content (AvgIpc) is 2.68. The summed E-state index contributed by atoms with van der Waals surface area (Å²) in [6.07, 6.45) is 9.14. The minimum atomic E-state index is -0.858. The molecular weight excluding hydrogens is 384 g/mol. The topological polar surface area (TPSA) is 90.5 Å². The molecule has 1 aromatic rings. The molecule has 0 fully saturated rings. The first-order valence-corrected chi connectivity index (χ1v) is 9.85. The minimum absolute atomic E-state index is 0.274. The van der Waals surface area contributed by atoms with Gasteiger partial charge in [0, 0.05) is 37.7 Å². The van der Waals surface area contributed by atoms with Gasteiger partial charge in [-0.25, -0.2) is 4.79 Å². The number of ether oxygens (including phenoxy) is 3. The van der Waals surface area contributed by atoms with Gasteiger partial charge in [-0.2, -0.15) is 5.26 Å². The maximum absolute atomic E-state index is 13.1. The molecule has 1 aliphatic rings. The van der Waals surface area contributed by atoms with E-state index in [9.17, 15) is 14.9 Å². The molecule has 2 rings (SSSR count). The molecule has 0 aliphatic heterocycles. The molecule has 162 valence electrons. The molecule has 0 aromatic carbocycles. The van der Waals surface area contributed by atoms with Gasteiger partial charge in [-0.05, 0) is 27.7 Å². The van der Waals surface area contributed by atoms with Gasteiger partial charge in [-0.3, -0.25) is 9.36 Å². The maximum Gasteiger partial charge on any atom is 0.329 e. The van der Waals surface area contributed by atoms with Crippen molar-refractivity contribution in [1.29, 1.82) is 5.26 Å². The number of hydrogen-bond acceptors (Lipinski definition) is 6. The van der Waals surface area contributed by atoms with E-state index in [1.807, 2.05) is 31.2 Å². The predicted molar refractivity (Wildman–Crippen MR) is 113 cm³/mol. The first-order chi connectivity index (χ1) is 14.1. The molecule has 0 spiro atoms. The Bertz CT molecular complexity index is 932. The van der Waals surface area contributed by atoms with E-state index >= 15 is 0 Å². The van der Waals surface area contributed by atoms with E-state index in [1.54, 1.807) is 20.8 Å². The van der Waals surface area contributed by atoms with Crippen LogP contribution in [-0.4, -0.2) is 37.0 Å². The quantitative estimate of drug-likeness (QED) is 0.634. The molecular formula is C23H30N2O5. The standard InChI is InChI=1S/C23H30N2O5/c1-22(2,3)30-21(27)18(10-12-28-5)25-14-19(29-6)16(13-20(25)26)17-9-7-8-11-23(17,4)15-24/h7-9,11,13-14,17-18H,10,12H2,1-6H3. The van der Waals surface area contributed by atoms with Gasteiger partial charge in [0.15, 0.2) is 0 Å². The molecule has 1 heterocycles. The van der Waals surface area contributed by atoms with E-state index in [2.05, 4.69) is 6.07 Å². The molecule has 3 atom stereocenters.